The molecule has 0 saturated carbocycles. The summed E-state index contributed by atoms with van der Waals surface area (Å²) in [6, 6.07) is 0. The minimum Gasteiger partial charge on any atom is -0.398 e. The second kappa shape index (κ2) is 9.79. The molecule has 1 fully saturated rings. The van der Waals surface area contributed by atoms with Gasteiger partial charge in [-0.05, 0) is 25.2 Å². The van der Waals surface area contributed by atoms with Gasteiger partial charge >= 0.3 is 17.9 Å². The molecule has 0 bridgehead atoms. The van der Waals surface area contributed by atoms with E-state index in [0.717, 1.165) is 25.7 Å². The van der Waals surface area contributed by atoms with Gasteiger partial charge in [0.2, 0.25) is 0 Å². The third kappa shape index (κ3) is 7.75. The molecule has 0 amide bonds. The zero-order valence-corrected chi connectivity index (χ0v) is 13.4. The summed E-state index contributed by atoms with van der Waals surface area (Å²) in [5.74, 6) is -3.50. The molecule has 0 aromatic rings. The molecule has 1 unspecified atom stereocenters. The van der Waals surface area contributed by atoms with Crippen molar-refractivity contribution in [2.75, 3.05) is 6.61 Å². The Balaban J connectivity index is 2.72. The predicted molar refractivity (Wildman–Crippen MR) is 79.6 cm³/mol. The van der Waals surface area contributed by atoms with Crippen LogP contribution in [0.15, 0.2) is 0 Å². The Morgan fingerprint density at radius 3 is 1.91 bits per heavy atom. The lowest BCUT2D eigenvalue weighted by atomic mass is 10.0. The molecule has 22 heavy (non-hydrogen) atoms. The molecule has 2 N–H and O–H groups in total. The van der Waals surface area contributed by atoms with Crippen LogP contribution in [0.25, 0.3) is 0 Å². The fourth-order valence-corrected chi connectivity index (χ4v) is 2.57. The van der Waals surface area contributed by atoms with Gasteiger partial charge in [0.05, 0.1) is 6.42 Å². The number of ether oxygens (including phenoxy) is 2. The van der Waals surface area contributed by atoms with Gasteiger partial charge in [0, 0.05) is 19.4 Å². The molecule has 0 aromatic carbocycles. The smallest absolute Gasteiger partial charge is 0.373 e. The molecular weight excluding hydrogens is 288 g/mol. The molecule has 0 aromatic heterocycles. The monoisotopic (exact) mass is 316 g/mol. The Morgan fingerprint density at radius 1 is 1.00 bits per heavy atom. The van der Waals surface area contributed by atoms with Gasteiger partial charge in [-0.3, -0.25) is 9.59 Å². The van der Waals surface area contributed by atoms with Crippen molar-refractivity contribution in [1.29, 1.82) is 0 Å². The van der Waals surface area contributed by atoms with Crippen LogP contribution in [0.4, 0.5) is 0 Å². The summed E-state index contributed by atoms with van der Waals surface area (Å²) in [5.41, 5.74) is 0. The SMILES string of the molecule is CC(CCO)CC1(O)OC(=O)CCCCCCCCC(=O)O1. The zero-order valence-electron chi connectivity index (χ0n) is 13.4. The number of cyclic esters (lactones) is 2. The van der Waals surface area contributed by atoms with Crippen molar-refractivity contribution in [1.82, 2.24) is 0 Å². The summed E-state index contributed by atoms with van der Waals surface area (Å²) >= 11 is 0. The van der Waals surface area contributed by atoms with E-state index in [2.05, 4.69) is 0 Å². The first-order chi connectivity index (χ1) is 10.4. The van der Waals surface area contributed by atoms with E-state index in [9.17, 15) is 14.7 Å². The molecule has 0 spiro atoms. The van der Waals surface area contributed by atoms with Crippen LogP contribution in [0.1, 0.15) is 71.1 Å². The second-order valence-corrected chi connectivity index (χ2v) is 6.10. The first kappa shape index (κ1) is 18.9. The minimum atomic E-state index is -2.23. The maximum Gasteiger partial charge on any atom is 0.373 e. The predicted octanol–water partition coefficient (Wildman–Crippen LogP) is 2.26. The van der Waals surface area contributed by atoms with E-state index in [0.29, 0.717) is 19.3 Å². The van der Waals surface area contributed by atoms with E-state index < -0.39 is 17.9 Å². The average Bonchev–Trinajstić information content (AvgIpc) is 2.41. The normalized spacial score (nSPS) is 22.5. The fraction of sp³-hybridized carbons (Fsp3) is 0.875. The molecule has 128 valence electrons. The van der Waals surface area contributed by atoms with E-state index >= 15 is 0 Å². The summed E-state index contributed by atoms with van der Waals surface area (Å²) in [5, 5.41) is 19.3. The average molecular weight is 316 g/mol. The van der Waals surface area contributed by atoms with Crippen molar-refractivity contribution in [2.45, 2.75) is 77.1 Å². The van der Waals surface area contributed by atoms with Crippen LogP contribution < -0.4 is 0 Å². The quantitative estimate of drug-likeness (QED) is 0.773. The van der Waals surface area contributed by atoms with Crippen LogP contribution in [0, 0.1) is 5.92 Å². The molecule has 6 heteroatoms. The van der Waals surface area contributed by atoms with Gasteiger partial charge in [-0.15, -0.1) is 0 Å². The van der Waals surface area contributed by atoms with Crippen molar-refractivity contribution in [3.63, 3.8) is 0 Å². The fourth-order valence-electron chi connectivity index (χ4n) is 2.57. The largest absolute Gasteiger partial charge is 0.398 e. The zero-order chi connectivity index (χ0) is 16.4. The Kier molecular flexibility index (Phi) is 8.42. The number of aliphatic hydroxyl groups excluding tert-OH is 1. The third-order valence-electron chi connectivity index (χ3n) is 3.79. The molecule has 1 atom stereocenters. The van der Waals surface area contributed by atoms with Crippen molar-refractivity contribution >= 4 is 11.9 Å². The van der Waals surface area contributed by atoms with Gasteiger partial charge in [-0.1, -0.05) is 32.6 Å². The molecule has 1 aliphatic heterocycles. The Morgan fingerprint density at radius 2 is 1.45 bits per heavy atom. The molecular formula is C16H28O6. The van der Waals surface area contributed by atoms with Crippen molar-refractivity contribution < 1.29 is 29.3 Å². The van der Waals surface area contributed by atoms with Crippen LogP contribution in [0.2, 0.25) is 0 Å². The Hall–Kier alpha value is -1.14. The highest BCUT2D eigenvalue weighted by atomic mass is 16.8. The number of carbonyl (C=O) groups is 2. The lowest BCUT2D eigenvalue weighted by molar-refractivity contribution is -0.332. The number of hydrogen-bond acceptors (Lipinski definition) is 6. The van der Waals surface area contributed by atoms with Crippen LogP contribution in [-0.4, -0.2) is 34.7 Å². The summed E-state index contributed by atoms with van der Waals surface area (Å²) < 4.78 is 10.1. The lowest BCUT2D eigenvalue weighted by Crippen LogP contribution is -2.41. The summed E-state index contributed by atoms with van der Waals surface area (Å²) in [4.78, 5) is 23.6. The lowest BCUT2D eigenvalue weighted by Gasteiger charge is -2.29. The number of esters is 2. The van der Waals surface area contributed by atoms with E-state index in [-0.39, 0.29) is 31.8 Å². The second-order valence-electron chi connectivity index (χ2n) is 6.10. The van der Waals surface area contributed by atoms with Crippen LogP contribution in [0.5, 0.6) is 0 Å². The number of hydrogen-bond donors (Lipinski definition) is 2. The van der Waals surface area contributed by atoms with Gasteiger partial charge in [-0.25, -0.2) is 0 Å². The van der Waals surface area contributed by atoms with Gasteiger partial charge in [0.25, 0.3) is 0 Å². The molecule has 1 rings (SSSR count). The van der Waals surface area contributed by atoms with Gasteiger partial charge < -0.3 is 19.7 Å². The van der Waals surface area contributed by atoms with Gasteiger partial charge in [0.15, 0.2) is 0 Å². The van der Waals surface area contributed by atoms with Gasteiger partial charge in [0.1, 0.15) is 0 Å². The maximum atomic E-state index is 11.8. The number of aliphatic hydroxyl groups is 2. The highest BCUT2D eigenvalue weighted by Crippen LogP contribution is 2.25. The summed E-state index contributed by atoms with van der Waals surface area (Å²) in [6.07, 6.45) is 6.13. The summed E-state index contributed by atoms with van der Waals surface area (Å²) in [6.45, 7) is 1.75. The van der Waals surface area contributed by atoms with E-state index in [1.165, 1.54) is 0 Å². The van der Waals surface area contributed by atoms with E-state index in [1.54, 1.807) is 6.92 Å². The summed E-state index contributed by atoms with van der Waals surface area (Å²) in [7, 11) is 0. The molecule has 0 radical (unpaired) electrons. The highest BCUT2D eigenvalue weighted by molar-refractivity contribution is 5.71. The first-order valence-corrected chi connectivity index (χ1v) is 8.22. The van der Waals surface area contributed by atoms with E-state index in [4.69, 9.17) is 14.6 Å². The van der Waals surface area contributed by atoms with Crippen LogP contribution in [-0.2, 0) is 19.1 Å². The third-order valence-corrected chi connectivity index (χ3v) is 3.79. The molecule has 6 nitrogen and oxygen atoms in total. The standard InChI is InChI=1S/C16H28O6/c1-13(10-11-17)12-16(20)21-14(18)8-6-4-2-3-5-7-9-15(19)22-16/h13,17,20H,2-12H2,1H3. The van der Waals surface area contributed by atoms with Crippen molar-refractivity contribution in [3.8, 4) is 0 Å². The molecule has 0 aliphatic carbocycles. The van der Waals surface area contributed by atoms with Crippen molar-refractivity contribution in [2.24, 2.45) is 5.92 Å². The number of carbonyl (C=O) groups excluding carboxylic acids is 2. The Labute approximate surface area is 131 Å². The van der Waals surface area contributed by atoms with Crippen LogP contribution >= 0.6 is 0 Å². The Bertz CT molecular complexity index is 331. The van der Waals surface area contributed by atoms with Crippen molar-refractivity contribution in [3.05, 3.63) is 0 Å². The first-order valence-electron chi connectivity index (χ1n) is 8.22. The number of rotatable bonds is 4. The topological polar surface area (TPSA) is 93.1 Å². The maximum absolute atomic E-state index is 11.8. The minimum absolute atomic E-state index is 0.0367. The van der Waals surface area contributed by atoms with Crippen LogP contribution in [0.3, 0.4) is 0 Å². The molecule has 1 heterocycles. The van der Waals surface area contributed by atoms with E-state index in [1.807, 2.05) is 0 Å². The molecule has 1 saturated heterocycles. The highest BCUT2D eigenvalue weighted by Gasteiger charge is 2.37. The van der Waals surface area contributed by atoms with Gasteiger partial charge in [-0.2, -0.15) is 0 Å². The molecule has 1 aliphatic rings.